The summed E-state index contributed by atoms with van der Waals surface area (Å²) in [5, 5.41) is 3.45. The highest BCUT2D eigenvalue weighted by Crippen LogP contribution is 2.41. The molecule has 4 nitrogen and oxygen atoms in total. The molecular weight excluding hydrogens is 285 g/mol. The van der Waals surface area contributed by atoms with Gasteiger partial charge < -0.3 is 15.0 Å². The van der Waals surface area contributed by atoms with Crippen molar-refractivity contribution in [2.45, 2.75) is 6.18 Å². The zero-order chi connectivity index (χ0) is 14.2. The number of ether oxygens (including phenoxy) is 1. The first-order valence-corrected chi connectivity index (χ1v) is 5.38. The molecule has 2 N–H and O–H groups in total. The summed E-state index contributed by atoms with van der Waals surface area (Å²) in [5.41, 5.74) is 4.85. The second-order valence-corrected chi connectivity index (χ2v) is 4.05. The van der Waals surface area contributed by atoms with Crippen LogP contribution in [0.25, 0.3) is 11.3 Å². The average Bonchev–Trinajstić information content (AvgIpc) is 2.73. The van der Waals surface area contributed by atoms with Gasteiger partial charge in [-0.3, -0.25) is 0 Å². The van der Waals surface area contributed by atoms with Gasteiger partial charge in [0.25, 0.3) is 0 Å². The normalized spacial score (nSPS) is 11.6. The predicted octanol–water partition coefficient (Wildman–Crippen LogP) is 3.60. The van der Waals surface area contributed by atoms with Crippen molar-refractivity contribution < 1.29 is 22.4 Å². The summed E-state index contributed by atoms with van der Waals surface area (Å²) in [6.45, 7) is 0. The van der Waals surface area contributed by atoms with E-state index < -0.39 is 11.7 Å². The fraction of sp³-hybridized carbons (Fsp3) is 0.182. The topological polar surface area (TPSA) is 61.3 Å². The Labute approximate surface area is 110 Å². The second kappa shape index (κ2) is 4.65. The van der Waals surface area contributed by atoms with Gasteiger partial charge in [-0.2, -0.15) is 13.2 Å². The molecule has 0 atom stereocenters. The average molecular weight is 293 g/mol. The SMILES string of the molecule is COc1cc(C(F)(F)F)cc(Cl)c1-c1cc(N)on1. The van der Waals surface area contributed by atoms with Crippen LogP contribution < -0.4 is 10.5 Å². The maximum atomic E-state index is 12.7. The van der Waals surface area contributed by atoms with Crippen molar-refractivity contribution >= 4 is 17.5 Å². The maximum Gasteiger partial charge on any atom is 0.416 e. The minimum atomic E-state index is -4.52. The number of methoxy groups -OCH3 is 1. The molecule has 1 aromatic carbocycles. The van der Waals surface area contributed by atoms with Crippen molar-refractivity contribution in [3.63, 3.8) is 0 Å². The van der Waals surface area contributed by atoms with Crippen molar-refractivity contribution in [2.24, 2.45) is 0 Å². The highest BCUT2D eigenvalue weighted by molar-refractivity contribution is 6.33. The molecular formula is C11H8ClF3N2O2. The van der Waals surface area contributed by atoms with Crippen LogP contribution in [-0.2, 0) is 6.18 Å². The lowest BCUT2D eigenvalue weighted by Gasteiger charge is -2.13. The minimum absolute atomic E-state index is 0.0213. The third-order valence-corrected chi connectivity index (χ3v) is 2.68. The second-order valence-electron chi connectivity index (χ2n) is 3.65. The number of halogens is 4. The standard InChI is InChI=1S/C11H8ClF3N2O2/c1-18-8-3-5(11(13,14)15)2-6(12)10(8)7-4-9(16)19-17-7/h2-4H,16H2,1H3. The molecule has 0 spiro atoms. The largest absolute Gasteiger partial charge is 0.496 e. The Bertz CT molecular complexity index is 610. The van der Waals surface area contributed by atoms with Gasteiger partial charge in [-0.05, 0) is 12.1 Å². The van der Waals surface area contributed by atoms with Gasteiger partial charge in [-0.1, -0.05) is 16.8 Å². The van der Waals surface area contributed by atoms with Crippen molar-refractivity contribution in [1.82, 2.24) is 5.16 Å². The van der Waals surface area contributed by atoms with Gasteiger partial charge in [0.1, 0.15) is 11.4 Å². The van der Waals surface area contributed by atoms with Crippen LogP contribution in [0.2, 0.25) is 5.02 Å². The maximum absolute atomic E-state index is 12.7. The number of anilines is 1. The number of nitrogen functional groups attached to an aromatic ring is 1. The molecule has 2 aromatic rings. The first kappa shape index (κ1) is 13.5. The summed E-state index contributed by atoms with van der Waals surface area (Å²) in [4.78, 5) is 0. The number of benzene rings is 1. The Morgan fingerprint density at radius 2 is 2.00 bits per heavy atom. The quantitative estimate of drug-likeness (QED) is 0.918. The highest BCUT2D eigenvalue weighted by atomic mass is 35.5. The minimum Gasteiger partial charge on any atom is -0.496 e. The van der Waals surface area contributed by atoms with Crippen LogP contribution in [0.15, 0.2) is 22.7 Å². The molecule has 102 valence electrons. The molecule has 0 amide bonds. The number of nitrogens with zero attached hydrogens (tertiary/aromatic N) is 1. The van der Waals surface area contributed by atoms with Crippen LogP contribution in [0, 0.1) is 0 Å². The van der Waals surface area contributed by atoms with E-state index in [1.807, 2.05) is 0 Å². The molecule has 0 saturated heterocycles. The third-order valence-electron chi connectivity index (χ3n) is 2.39. The molecule has 0 saturated carbocycles. The van der Waals surface area contributed by atoms with E-state index in [0.717, 1.165) is 12.1 Å². The van der Waals surface area contributed by atoms with E-state index in [1.54, 1.807) is 0 Å². The summed E-state index contributed by atoms with van der Waals surface area (Å²) in [6, 6.07) is 2.98. The Balaban J connectivity index is 2.62. The summed E-state index contributed by atoms with van der Waals surface area (Å²) < 4.78 is 47.5. The molecule has 0 bridgehead atoms. The van der Waals surface area contributed by atoms with Gasteiger partial charge in [-0.15, -0.1) is 0 Å². The predicted molar refractivity (Wildman–Crippen MR) is 62.9 cm³/mol. The van der Waals surface area contributed by atoms with E-state index in [0.29, 0.717) is 0 Å². The number of aromatic nitrogens is 1. The molecule has 0 aliphatic rings. The number of hydrogen-bond acceptors (Lipinski definition) is 4. The molecule has 0 fully saturated rings. The van der Waals surface area contributed by atoms with Crippen LogP contribution in [0.4, 0.5) is 19.1 Å². The van der Waals surface area contributed by atoms with Crippen molar-refractivity contribution in [2.75, 3.05) is 12.8 Å². The van der Waals surface area contributed by atoms with Gasteiger partial charge in [0.2, 0.25) is 5.88 Å². The number of rotatable bonds is 2. The van der Waals surface area contributed by atoms with Crippen LogP contribution in [0.1, 0.15) is 5.56 Å². The molecule has 1 aromatic heterocycles. The lowest BCUT2D eigenvalue weighted by molar-refractivity contribution is -0.137. The Kier molecular flexibility index (Phi) is 3.32. The first-order valence-electron chi connectivity index (χ1n) is 5.00. The smallest absolute Gasteiger partial charge is 0.416 e. The lowest BCUT2D eigenvalue weighted by Crippen LogP contribution is -2.06. The number of alkyl halides is 3. The summed E-state index contributed by atoms with van der Waals surface area (Å²) >= 11 is 5.86. The molecule has 1 heterocycles. The van der Waals surface area contributed by atoms with Gasteiger partial charge in [0.05, 0.1) is 23.3 Å². The highest BCUT2D eigenvalue weighted by Gasteiger charge is 2.33. The van der Waals surface area contributed by atoms with Gasteiger partial charge in [0.15, 0.2) is 0 Å². The van der Waals surface area contributed by atoms with Crippen LogP contribution in [0.3, 0.4) is 0 Å². The Hall–Kier alpha value is -1.89. The number of hydrogen-bond donors (Lipinski definition) is 1. The molecule has 0 aliphatic heterocycles. The molecule has 8 heteroatoms. The Morgan fingerprint density at radius 3 is 2.47 bits per heavy atom. The van der Waals surface area contributed by atoms with E-state index in [1.165, 1.54) is 13.2 Å². The molecule has 2 rings (SSSR count). The van der Waals surface area contributed by atoms with Gasteiger partial charge in [-0.25, -0.2) is 0 Å². The van der Waals surface area contributed by atoms with Gasteiger partial charge in [0, 0.05) is 6.07 Å². The van der Waals surface area contributed by atoms with E-state index >= 15 is 0 Å². The van der Waals surface area contributed by atoms with Gasteiger partial charge >= 0.3 is 6.18 Å². The van der Waals surface area contributed by atoms with E-state index in [4.69, 9.17) is 22.1 Å². The fourth-order valence-electron chi connectivity index (χ4n) is 1.56. The third kappa shape index (κ3) is 2.60. The van der Waals surface area contributed by atoms with Crippen LogP contribution in [-0.4, -0.2) is 12.3 Å². The molecule has 19 heavy (non-hydrogen) atoms. The van der Waals surface area contributed by atoms with Crippen molar-refractivity contribution in [1.29, 1.82) is 0 Å². The molecule has 0 aliphatic carbocycles. The van der Waals surface area contributed by atoms with E-state index in [-0.39, 0.29) is 27.9 Å². The van der Waals surface area contributed by atoms with Crippen LogP contribution >= 0.6 is 11.6 Å². The summed E-state index contributed by atoms with van der Waals surface area (Å²) in [5.74, 6) is -0.0406. The fourth-order valence-corrected chi connectivity index (χ4v) is 1.87. The van der Waals surface area contributed by atoms with Crippen LogP contribution in [0.5, 0.6) is 5.75 Å². The van der Waals surface area contributed by atoms with Crippen molar-refractivity contribution in [3.8, 4) is 17.0 Å². The number of nitrogens with two attached hydrogens (primary N) is 1. The first-order chi connectivity index (χ1) is 8.82. The monoisotopic (exact) mass is 292 g/mol. The van der Waals surface area contributed by atoms with E-state index in [2.05, 4.69) is 9.68 Å². The Morgan fingerprint density at radius 1 is 1.32 bits per heavy atom. The summed E-state index contributed by atoms with van der Waals surface area (Å²) in [6.07, 6.45) is -4.52. The summed E-state index contributed by atoms with van der Waals surface area (Å²) in [7, 11) is 1.23. The zero-order valence-electron chi connectivity index (χ0n) is 9.58. The van der Waals surface area contributed by atoms with Crippen molar-refractivity contribution in [3.05, 3.63) is 28.8 Å². The zero-order valence-corrected chi connectivity index (χ0v) is 10.3. The molecule has 0 unspecified atom stereocenters. The molecule has 0 radical (unpaired) electrons. The lowest BCUT2D eigenvalue weighted by atomic mass is 10.1. The van der Waals surface area contributed by atoms with E-state index in [9.17, 15) is 13.2 Å².